The Hall–Kier alpha value is -2.24. The Balaban J connectivity index is 2.11. The molecule has 0 aliphatic carbocycles. The van der Waals surface area contributed by atoms with Crippen molar-refractivity contribution < 1.29 is 0 Å². The molecule has 2 rings (SSSR count). The minimum absolute atomic E-state index is 0.493. The van der Waals surface area contributed by atoms with Crippen LogP contribution in [0.15, 0.2) is 40.8 Å². The van der Waals surface area contributed by atoms with E-state index in [0.717, 1.165) is 18.8 Å². The van der Waals surface area contributed by atoms with Crippen molar-refractivity contribution in [2.75, 3.05) is 18.0 Å². The first-order valence-electron chi connectivity index (χ1n) is 6.35. The zero-order valence-electron chi connectivity index (χ0n) is 11.5. The van der Waals surface area contributed by atoms with Crippen molar-refractivity contribution in [1.82, 2.24) is 14.8 Å². The fraction of sp³-hybridized carbons (Fsp3) is 0.385. The molecule has 0 aliphatic rings. The molecule has 0 bridgehead atoms. The second-order valence-electron chi connectivity index (χ2n) is 4.13. The Labute approximate surface area is 112 Å². The molecular formula is C13H18N6. The van der Waals surface area contributed by atoms with Crippen molar-refractivity contribution in [2.24, 2.45) is 17.3 Å². The summed E-state index contributed by atoms with van der Waals surface area (Å²) in [6.45, 7) is 6.28. The van der Waals surface area contributed by atoms with E-state index in [1.54, 1.807) is 10.9 Å². The van der Waals surface area contributed by atoms with Gasteiger partial charge in [-0.3, -0.25) is 0 Å². The summed E-state index contributed by atoms with van der Waals surface area (Å²) in [6.07, 6.45) is 1.60. The minimum Gasteiger partial charge on any atom is -0.372 e. The van der Waals surface area contributed by atoms with Crippen molar-refractivity contribution in [3.05, 3.63) is 30.6 Å². The monoisotopic (exact) mass is 258 g/mol. The van der Waals surface area contributed by atoms with Gasteiger partial charge in [-0.2, -0.15) is 0 Å². The summed E-state index contributed by atoms with van der Waals surface area (Å²) in [6, 6.07) is 8.01. The van der Waals surface area contributed by atoms with Crippen LogP contribution in [0.4, 0.5) is 17.3 Å². The lowest BCUT2D eigenvalue weighted by molar-refractivity contribution is 0.866. The fourth-order valence-corrected chi connectivity index (χ4v) is 1.79. The second kappa shape index (κ2) is 6.08. The van der Waals surface area contributed by atoms with Crippen LogP contribution in [0.2, 0.25) is 0 Å². The third-order valence-electron chi connectivity index (χ3n) is 2.92. The van der Waals surface area contributed by atoms with Gasteiger partial charge in [-0.1, -0.05) is 0 Å². The molecule has 0 N–H and O–H groups in total. The van der Waals surface area contributed by atoms with Crippen molar-refractivity contribution in [3.8, 4) is 0 Å². The van der Waals surface area contributed by atoms with E-state index in [9.17, 15) is 0 Å². The normalized spacial score (nSPS) is 11.1. The van der Waals surface area contributed by atoms with E-state index in [-0.39, 0.29) is 0 Å². The SMILES string of the molecule is CCN(CC)c1ccc(N=Nc2nncn2C)cc1. The van der Waals surface area contributed by atoms with E-state index in [1.807, 2.05) is 19.2 Å². The number of hydrogen-bond donors (Lipinski definition) is 0. The number of nitrogens with zero attached hydrogens (tertiary/aromatic N) is 6. The Morgan fingerprint density at radius 1 is 1.11 bits per heavy atom. The summed E-state index contributed by atoms with van der Waals surface area (Å²) in [4.78, 5) is 2.28. The predicted molar refractivity (Wildman–Crippen MR) is 75.2 cm³/mol. The van der Waals surface area contributed by atoms with Crippen LogP contribution < -0.4 is 4.90 Å². The van der Waals surface area contributed by atoms with Crippen LogP contribution in [0.5, 0.6) is 0 Å². The largest absolute Gasteiger partial charge is 0.372 e. The zero-order valence-corrected chi connectivity index (χ0v) is 11.5. The molecule has 0 spiro atoms. The lowest BCUT2D eigenvalue weighted by Crippen LogP contribution is -2.21. The molecule has 1 aromatic carbocycles. The lowest BCUT2D eigenvalue weighted by atomic mass is 10.2. The molecule has 19 heavy (non-hydrogen) atoms. The van der Waals surface area contributed by atoms with Crippen LogP contribution in [-0.4, -0.2) is 27.9 Å². The topological polar surface area (TPSA) is 58.7 Å². The molecular weight excluding hydrogens is 240 g/mol. The average molecular weight is 258 g/mol. The molecule has 1 heterocycles. The highest BCUT2D eigenvalue weighted by Gasteiger charge is 2.01. The summed E-state index contributed by atoms with van der Waals surface area (Å²) in [7, 11) is 1.83. The number of hydrogen-bond acceptors (Lipinski definition) is 5. The molecule has 6 nitrogen and oxygen atoms in total. The van der Waals surface area contributed by atoms with Crippen molar-refractivity contribution in [1.29, 1.82) is 0 Å². The highest BCUT2D eigenvalue weighted by Crippen LogP contribution is 2.21. The van der Waals surface area contributed by atoms with E-state index in [4.69, 9.17) is 0 Å². The van der Waals surface area contributed by atoms with Crippen molar-refractivity contribution in [3.63, 3.8) is 0 Å². The molecule has 100 valence electrons. The van der Waals surface area contributed by atoms with E-state index in [0.29, 0.717) is 5.95 Å². The Morgan fingerprint density at radius 2 is 1.79 bits per heavy atom. The Morgan fingerprint density at radius 3 is 2.32 bits per heavy atom. The third kappa shape index (κ3) is 3.15. The van der Waals surface area contributed by atoms with Crippen LogP contribution in [0.1, 0.15) is 13.8 Å². The maximum atomic E-state index is 4.14. The molecule has 0 amide bonds. The first-order chi connectivity index (χ1) is 9.24. The van der Waals surface area contributed by atoms with Gasteiger partial charge in [0.2, 0.25) is 0 Å². The van der Waals surface area contributed by atoms with Crippen LogP contribution in [0.25, 0.3) is 0 Å². The molecule has 0 radical (unpaired) electrons. The summed E-state index contributed by atoms with van der Waals surface area (Å²) in [5, 5.41) is 15.8. The molecule has 0 fully saturated rings. The number of azo groups is 1. The van der Waals surface area contributed by atoms with E-state index >= 15 is 0 Å². The maximum absolute atomic E-state index is 4.14. The number of benzene rings is 1. The number of aryl methyl sites for hydroxylation is 1. The Bertz CT molecular complexity index is 539. The van der Waals surface area contributed by atoms with Gasteiger partial charge >= 0.3 is 0 Å². The van der Waals surface area contributed by atoms with Crippen LogP contribution in [0.3, 0.4) is 0 Å². The van der Waals surface area contributed by atoms with E-state index < -0.39 is 0 Å². The van der Waals surface area contributed by atoms with Crippen LogP contribution >= 0.6 is 0 Å². The van der Waals surface area contributed by atoms with E-state index in [2.05, 4.69) is 51.3 Å². The summed E-state index contributed by atoms with van der Waals surface area (Å²) in [5.74, 6) is 0.493. The average Bonchev–Trinajstić information content (AvgIpc) is 2.85. The molecule has 6 heteroatoms. The van der Waals surface area contributed by atoms with Gasteiger partial charge in [0.05, 0.1) is 5.69 Å². The van der Waals surface area contributed by atoms with Gasteiger partial charge in [0.15, 0.2) is 0 Å². The van der Waals surface area contributed by atoms with Gasteiger partial charge < -0.3 is 9.47 Å². The van der Waals surface area contributed by atoms with Crippen LogP contribution in [-0.2, 0) is 7.05 Å². The lowest BCUT2D eigenvalue weighted by Gasteiger charge is -2.20. The molecule has 0 atom stereocenters. The van der Waals surface area contributed by atoms with Gasteiger partial charge in [0.1, 0.15) is 6.33 Å². The summed E-state index contributed by atoms with van der Waals surface area (Å²) in [5.41, 5.74) is 2.00. The van der Waals surface area contributed by atoms with Gasteiger partial charge in [-0.05, 0) is 38.1 Å². The zero-order chi connectivity index (χ0) is 13.7. The third-order valence-corrected chi connectivity index (χ3v) is 2.92. The van der Waals surface area contributed by atoms with Gasteiger partial charge in [-0.15, -0.1) is 20.4 Å². The maximum Gasteiger partial charge on any atom is 0.269 e. The molecule has 0 saturated carbocycles. The molecule has 0 unspecified atom stereocenters. The second-order valence-corrected chi connectivity index (χ2v) is 4.13. The van der Waals surface area contributed by atoms with Gasteiger partial charge in [-0.25, -0.2) is 0 Å². The quantitative estimate of drug-likeness (QED) is 0.774. The van der Waals surface area contributed by atoms with Crippen LogP contribution in [0, 0.1) is 0 Å². The van der Waals surface area contributed by atoms with E-state index in [1.165, 1.54) is 5.69 Å². The minimum atomic E-state index is 0.493. The standard InChI is InChI=1S/C13H18N6/c1-4-19(5-2)12-8-6-11(7-9-12)15-17-13-16-14-10-18(13)3/h6-10H,4-5H2,1-3H3. The molecule has 0 aliphatic heterocycles. The van der Waals surface area contributed by atoms with Crippen molar-refractivity contribution in [2.45, 2.75) is 13.8 Å². The van der Waals surface area contributed by atoms with Gasteiger partial charge in [0.25, 0.3) is 5.95 Å². The van der Waals surface area contributed by atoms with Gasteiger partial charge in [0, 0.05) is 25.8 Å². The number of aromatic nitrogens is 3. The number of rotatable bonds is 5. The first-order valence-corrected chi connectivity index (χ1v) is 6.35. The smallest absolute Gasteiger partial charge is 0.269 e. The Kier molecular flexibility index (Phi) is 4.22. The highest BCUT2D eigenvalue weighted by atomic mass is 15.3. The molecule has 0 saturated heterocycles. The summed E-state index contributed by atoms with van der Waals surface area (Å²) >= 11 is 0. The fourth-order valence-electron chi connectivity index (χ4n) is 1.79. The highest BCUT2D eigenvalue weighted by molar-refractivity contribution is 5.52. The first kappa shape index (κ1) is 13.2. The number of anilines is 1. The molecule has 2 aromatic rings. The molecule has 1 aromatic heterocycles. The summed E-state index contributed by atoms with van der Waals surface area (Å²) < 4.78 is 1.72. The predicted octanol–water partition coefficient (Wildman–Crippen LogP) is 3.08. The van der Waals surface area contributed by atoms with Crippen molar-refractivity contribution >= 4 is 17.3 Å².